The maximum Gasteiger partial charge on any atom is 0.245 e. The van der Waals surface area contributed by atoms with E-state index in [1.807, 2.05) is 48.5 Å². The second-order valence-electron chi connectivity index (χ2n) is 8.07. The van der Waals surface area contributed by atoms with Crippen LogP contribution in [-0.4, -0.2) is 31.7 Å². The highest BCUT2D eigenvalue weighted by atomic mass is 16.5. The Kier molecular flexibility index (Phi) is 5.48. The van der Waals surface area contributed by atoms with Crippen LogP contribution >= 0.6 is 0 Å². The SMILES string of the molecule is COc1ccc(N2C[C@@H](C(=O)N/N=C/c3c4ccccc4cc4ccccc34)CC2=O)cc1. The number of benzene rings is 4. The highest BCUT2D eigenvalue weighted by Gasteiger charge is 2.35. The third-order valence-electron chi connectivity index (χ3n) is 6.06. The van der Waals surface area contributed by atoms with Crippen molar-refractivity contribution in [3.05, 3.63) is 84.4 Å². The van der Waals surface area contributed by atoms with Crippen LogP contribution in [0.2, 0.25) is 0 Å². The number of methoxy groups -OCH3 is 1. The summed E-state index contributed by atoms with van der Waals surface area (Å²) in [6, 6.07) is 25.6. The summed E-state index contributed by atoms with van der Waals surface area (Å²) in [6.07, 6.45) is 1.85. The van der Waals surface area contributed by atoms with Crippen LogP contribution in [0, 0.1) is 5.92 Å². The van der Waals surface area contributed by atoms with Gasteiger partial charge >= 0.3 is 0 Å². The first-order chi connectivity index (χ1) is 16.1. The van der Waals surface area contributed by atoms with Gasteiger partial charge in [0.1, 0.15) is 5.75 Å². The van der Waals surface area contributed by atoms with Crippen LogP contribution in [0.5, 0.6) is 5.75 Å². The Hall–Kier alpha value is -4.19. The predicted molar refractivity (Wildman–Crippen MR) is 131 cm³/mol. The Morgan fingerprint density at radius 1 is 1.00 bits per heavy atom. The van der Waals surface area contributed by atoms with Crippen LogP contribution in [0.1, 0.15) is 12.0 Å². The van der Waals surface area contributed by atoms with Crippen molar-refractivity contribution in [3.63, 3.8) is 0 Å². The van der Waals surface area contributed by atoms with Gasteiger partial charge in [0.2, 0.25) is 11.8 Å². The van der Waals surface area contributed by atoms with E-state index in [-0.39, 0.29) is 18.2 Å². The van der Waals surface area contributed by atoms with Gasteiger partial charge in [-0.1, -0.05) is 48.5 Å². The molecule has 0 bridgehead atoms. The molecule has 0 radical (unpaired) electrons. The molecule has 1 aliphatic heterocycles. The summed E-state index contributed by atoms with van der Waals surface area (Å²) in [7, 11) is 1.60. The van der Waals surface area contributed by atoms with E-state index in [1.165, 1.54) is 0 Å². The number of carbonyl (C=O) groups is 2. The molecule has 0 saturated carbocycles. The molecule has 0 aliphatic carbocycles. The number of nitrogens with one attached hydrogen (secondary N) is 1. The summed E-state index contributed by atoms with van der Waals surface area (Å²) >= 11 is 0. The minimum atomic E-state index is -0.457. The van der Waals surface area contributed by atoms with E-state index in [9.17, 15) is 9.59 Å². The average Bonchev–Trinajstić information content (AvgIpc) is 3.25. The van der Waals surface area contributed by atoms with E-state index in [4.69, 9.17) is 4.74 Å². The van der Waals surface area contributed by atoms with Crippen molar-refractivity contribution in [3.8, 4) is 5.75 Å². The first kappa shape index (κ1) is 20.7. The Morgan fingerprint density at radius 3 is 2.27 bits per heavy atom. The summed E-state index contributed by atoms with van der Waals surface area (Å²) in [5, 5.41) is 8.62. The number of fused-ring (bicyclic) bond motifs is 2. The monoisotopic (exact) mass is 437 g/mol. The molecule has 1 heterocycles. The molecule has 33 heavy (non-hydrogen) atoms. The molecule has 2 amide bonds. The number of hydrogen-bond acceptors (Lipinski definition) is 4. The summed E-state index contributed by atoms with van der Waals surface area (Å²) in [5.41, 5.74) is 4.35. The molecule has 1 fully saturated rings. The van der Waals surface area contributed by atoms with Gasteiger partial charge in [0.05, 0.1) is 19.2 Å². The van der Waals surface area contributed by atoms with Crippen molar-refractivity contribution in [1.82, 2.24) is 5.43 Å². The summed E-state index contributed by atoms with van der Waals surface area (Å²) in [4.78, 5) is 26.9. The molecule has 4 aromatic rings. The molecule has 1 atom stereocenters. The number of hydrogen-bond donors (Lipinski definition) is 1. The van der Waals surface area contributed by atoms with Crippen LogP contribution < -0.4 is 15.1 Å². The van der Waals surface area contributed by atoms with Gasteiger partial charge < -0.3 is 9.64 Å². The number of hydrazone groups is 1. The summed E-state index contributed by atoms with van der Waals surface area (Å²) < 4.78 is 5.17. The molecule has 0 spiro atoms. The number of anilines is 1. The lowest BCUT2D eigenvalue weighted by Gasteiger charge is -2.16. The first-order valence-corrected chi connectivity index (χ1v) is 10.8. The van der Waals surface area contributed by atoms with Gasteiger partial charge in [-0.05, 0) is 51.9 Å². The lowest BCUT2D eigenvalue weighted by molar-refractivity contribution is -0.126. The van der Waals surface area contributed by atoms with Crippen molar-refractivity contribution in [2.75, 3.05) is 18.6 Å². The predicted octanol–water partition coefficient (Wildman–Crippen LogP) is 4.50. The van der Waals surface area contributed by atoms with Crippen LogP contribution in [0.3, 0.4) is 0 Å². The zero-order valence-electron chi connectivity index (χ0n) is 18.2. The topological polar surface area (TPSA) is 71.0 Å². The van der Waals surface area contributed by atoms with Crippen molar-refractivity contribution >= 4 is 45.3 Å². The molecule has 0 unspecified atom stereocenters. The molecule has 1 N–H and O–H groups in total. The van der Waals surface area contributed by atoms with E-state index in [2.05, 4.69) is 28.7 Å². The van der Waals surface area contributed by atoms with Gasteiger partial charge in [0.15, 0.2) is 0 Å². The normalized spacial score (nSPS) is 16.1. The Labute approximate surface area is 191 Å². The fourth-order valence-electron chi connectivity index (χ4n) is 4.33. The standard InChI is InChI=1S/C27H23N3O3/c1-33-22-12-10-21(11-13-22)30-17-20(15-26(30)31)27(32)29-28-16-25-23-8-4-2-6-18(23)14-19-7-3-5-9-24(19)25/h2-14,16,20H,15,17H2,1H3,(H,29,32)/b28-16+/t20-/m0/s1. The number of ether oxygens (including phenoxy) is 1. The van der Waals surface area contributed by atoms with E-state index >= 15 is 0 Å². The van der Waals surface area contributed by atoms with Crippen LogP contribution in [0.25, 0.3) is 21.5 Å². The molecule has 5 rings (SSSR count). The lowest BCUT2D eigenvalue weighted by Crippen LogP contribution is -2.30. The molecular formula is C27H23N3O3. The largest absolute Gasteiger partial charge is 0.497 e. The minimum Gasteiger partial charge on any atom is -0.497 e. The maximum absolute atomic E-state index is 12.8. The van der Waals surface area contributed by atoms with Crippen molar-refractivity contribution in [2.45, 2.75) is 6.42 Å². The van der Waals surface area contributed by atoms with E-state index in [0.717, 1.165) is 38.5 Å². The Balaban J connectivity index is 1.33. The van der Waals surface area contributed by atoms with Gasteiger partial charge in [0, 0.05) is 24.2 Å². The smallest absolute Gasteiger partial charge is 0.245 e. The van der Waals surface area contributed by atoms with E-state index < -0.39 is 5.92 Å². The molecular weight excluding hydrogens is 414 g/mol. The van der Waals surface area contributed by atoms with Gasteiger partial charge in [-0.15, -0.1) is 0 Å². The van der Waals surface area contributed by atoms with Gasteiger partial charge in [-0.2, -0.15) is 5.10 Å². The first-order valence-electron chi connectivity index (χ1n) is 10.8. The van der Waals surface area contributed by atoms with Gasteiger partial charge in [-0.3, -0.25) is 9.59 Å². The fraction of sp³-hybridized carbons (Fsp3) is 0.148. The molecule has 164 valence electrons. The Bertz CT molecular complexity index is 1320. The third-order valence-corrected chi connectivity index (χ3v) is 6.06. The highest BCUT2D eigenvalue weighted by molar-refractivity contribution is 6.13. The fourth-order valence-corrected chi connectivity index (χ4v) is 4.33. The lowest BCUT2D eigenvalue weighted by atomic mass is 9.97. The summed E-state index contributed by atoms with van der Waals surface area (Å²) in [5.74, 6) is -0.0829. The minimum absolute atomic E-state index is 0.0793. The van der Waals surface area contributed by atoms with E-state index in [0.29, 0.717) is 6.54 Å². The molecule has 6 nitrogen and oxygen atoms in total. The third kappa shape index (κ3) is 4.03. The molecule has 6 heteroatoms. The molecule has 1 saturated heterocycles. The number of nitrogens with zero attached hydrogens (tertiary/aromatic N) is 2. The van der Waals surface area contributed by atoms with Crippen LogP contribution in [0.4, 0.5) is 5.69 Å². The van der Waals surface area contributed by atoms with Crippen LogP contribution in [-0.2, 0) is 9.59 Å². The van der Waals surface area contributed by atoms with Gasteiger partial charge in [-0.25, -0.2) is 5.43 Å². The second-order valence-corrected chi connectivity index (χ2v) is 8.07. The number of carbonyl (C=O) groups excluding carboxylic acids is 2. The number of rotatable bonds is 5. The average molecular weight is 437 g/mol. The zero-order valence-corrected chi connectivity index (χ0v) is 18.2. The molecule has 0 aromatic heterocycles. The zero-order chi connectivity index (χ0) is 22.8. The van der Waals surface area contributed by atoms with Crippen LogP contribution in [0.15, 0.2) is 84.0 Å². The number of amides is 2. The second kappa shape index (κ2) is 8.74. The quantitative estimate of drug-likeness (QED) is 0.284. The van der Waals surface area contributed by atoms with Crippen molar-refractivity contribution in [1.29, 1.82) is 0 Å². The molecule has 1 aliphatic rings. The van der Waals surface area contributed by atoms with Crippen molar-refractivity contribution in [2.24, 2.45) is 11.0 Å². The highest BCUT2D eigenvalue weighted by Crippen LogP contribution is 2.28. The van der Waals surface area contributed by atoms with Crippen molar-refractivity contribution < 1.29 is 14.3 Å². The summed E-state index contributed by atoms with van der Waals surface area (Å²) in [6.45, 7) is 0.323. The maximum atomic E-state index is 12.8. The molecule has 4 aromatic carbocycles. The van der Waals surface area contributed by atoms with E-state index in [1.54, 1.807) is 30.4 Å². The van der Waals surface area contributed by atoms with Gasteiger partial charge in [0.25, 0.3) is 0 Å². The Morgan fingerprint density at radius 2 is 1.64 bits per heavy atom.